The van der Waals surface area contributed by atoms with Gasteiger partial charge in [-0.25, -0.2) is 5.90 Å². The van der Waals surface area contributed by atoms with Gasteiger partial charge in [-0.05, 0) is 25.7 Å². The highest BCUT2D eigenvalue weighted by atomic mass is 16.6. The second-order valence-electron chi connectivity index (χ2n) is 4.21. The maximum atomic E-state index is 5.35. The summed E-state index contributed by atoms with van der Waals surface area (Å²) < 4.78 is 5.35. The fourth-order valence-electron chi connectivity index (χ4n) is 2.49. The minimum absolute atomic E-state index is 0.298. The van der Waals surface area contributed by atoms with Gasteiger partial charge >= 0.3 is 0 Å². The second-order valence-corrected chi connectivity index (χ2v) is 4.21. The van der Waals surface area contributed by atoms with Crippen LogP contribution in [0, 0.1) is 0 Å². The molecule has 1 heterocycles. The van der Waals surface area contributed by atoms with Gasteiger partial charge in [0.25, 0.3) is 0 Å². The molecule has 2 fully saturated rings. The van der Waals surface area contributed by atoms with Crippen molar-refractivity contribution >= 4 is 0 Å². The molecule has 1 aliphatic heterocycles. The molecule has 0 aromatic heterocycles. The van der Waals surface area contributed by atoms with Crippen molar-refractivity contribution in [2.75, 3.05) is 26.3 Å². The van der Waals surface area contributed by atoms with Crippen molar-refractivity contribution in [1.29, 1.82) is 0 Å². The van der Waals surface area contributed by atoms with Crippen LogP contribution in [0.4, 0.5) is 0 Å². The van der Waals surface area contributed by atoms with Crippen LogP contribution in [-0.2, 0) is 9.57 Å². The van der Waals surface area contributed by atoms with Gasteiger partial charge < -0.3 is 9.57 Å². The molecule has 0 bridgehead atoms. The van der Waals surface area contributed by atoms with Crippen LogP contribution in [0.2, 0.25) is 0 Å². The monoisotopic (exact) mass is 200 g/mol. The Morgan fingerprint density at radius 3 is 2.29 bits per heavy atom. The summed E-state index contributed by atoms with van der Waals surface area (Å²) in [5, 5.41) is 0. The quantitative estimate of drug-likeness (QED) is 0.660. The smallest absolute Gasteiger partial charge is 0.0788 e. The Hall–Kier alpha value is -0.160. The van der Waals surface area contributed by atoms with Crippen molar-refractivity contribution in [3.8, 4) is 0 Å². The van der Waals surface area contributed by atoms with Gasteiger partial charge in [0, 0.05) is 19.1 Å². The molecule has 0 aromatic rings. The third-order valence-corrected chi connectivity index (χ3v) is 3.40. The van der Waals surface area contributed by atoms with Crippen LogP contribution >= 0.6 is 0 Å². The number of nitrogens with zero attached hydrogens (tertiary/aromatic N) is 1. The van der Waals surface area contributed by atoms with E-state index in [0.29, 0.717) is 6.10 Å². The predicted octanol–water partition coefficient (Wildman–Crippen LogP) is 0.520. The molecule has 0 spiro atoms. The van der Waals surface area contributed by atoms with E-state index in [0.717, 1.165) is 45.2 Å². The highest BCUT2D eigenvalue weighted by Crippen LogP contribution is 2.24. The summed E-state index contributed by atoms with van der Waals surface area (Å²) in [5.74, 6) is 5.19. The number of nitrogens with two attached hydrogens (primary N) is 1. The summed E-state index contributed by atoms with van der Waals surface area (Å²) in [7, 11) is 0. The zero-order chi connectivity index (χ0) is 9.80. The zero-order valence-corrected chi connectivity index (χ0v) is 8.65. The van der Waals surface area contributed by atoms with Crippen molar-refractivity contribution in [1.82, 2.24) is 4.90 Å². The number of hydrogen-bond acceptors (Lipinski definition) is 4. The van der Waals surface area contributed by atoms with E-state index in [2.05, 4.69) is 4.90 Å². The summed E-state index contributed by atoms with van der Waals surface area (Å²) in [6, 6.07) is 0.741. The van der Waals surface area contributed by atoms with Gasteiger partial charge in [-0.2, -0.15) is 0 Å². The molecular formula is C10H20N2O2. The summed E-state index contributed by atoms with van der Waals surface area (Å²) in [4.78, 5) is 7.44. The Morgan fingerprint density at radius 1 is 1.07 bits per heavy atom. The van der Waals surface area contributed by atoms with Crippen LogP contribution < -0.4 is 5.90 Å². The van der Waals surface area contributed by atoms with Crippen LogP contribution in [0.1, 0.15) is 25.7 Å². The van der Waals surface area contributed by atoms with E-state index in [1.807, 2.05) is 0 Å². The van der Waals surface area contributed by atoms with E-state index in [4.69, 9.17) is 15.5 Å². The molecule has 1 saturated heterocycles. The highest BCUT2D eigenvalue weighted by Gasteiger charge is 2.26. The minimum atomic E-state index is 0.298. The lowest BCUT2D eigenvalue weighted by Gasteiger charge is -2.38. The standard InChI is InChI=1S/C10H20N2O2/c11-14-10-3-1-9(2-4-10)12-5-7-13-8-6-12/h9-10H,1-8,11H2. The molecule has 2 aliphatic rings. The van der Waals surface area contributed by atoms with Gasteiger partial charge in [0.1, 0.15) is 0 Å². The molecule has 0 amide bonds. The SMILES string of the molecule is NOC1CCC(N2CCOCC2)CC1. The molecule has 1 saturated carbocycles. The molecule has 0 atom stereocenters. The van der Waals surface area contributed by atoms with E-state index in [-0.39, 0.29) is 0 Å². The lowest BCUT2D eigenvalue weighted by atomic mass is 9.92. The third-order valence-electron chi connectivity index (χ3n) is 3.40. The number of ether oxygens (including phenoxy) is 1. The van der Waals surface area contributed by atoms with Crippen LogP contribution in [0.25, 0.3) is 0 Å². The normalized spacial score (nSPS) is 35.8. The molecule has 4 nitrogen and oxygen atoms in total. The Kier molecular flexibility index (Phi) is 3.75. The predicted molar refractivity (Wildman–Crippen MR) is 53.7 cm³/mol. The van der Waals surface area contributed by atoms with Gasteiger partial charge in [0.15, 0.2) is 0 Å². The fraction of sp³-hybridized carbons (Fsp3) is 1.00. The van der Waals surface area contributed by atoms with Gasteiger partial charge in [-0.1, -0.05) is 0 Å². The molecule has 4 heteroatoms. The maximum Gasteiger partial charge on any atom is 0.0788 e. The lowest BCUT2D eigenvalue weighted by molar-refractivity contribution is -0.0225. The van der Waals surface area contributed by atoms with E-state index < -0.39 is 0 Å². The molecule has 2 N–H and O–H groups in total. The lowest BCUT2D eigenvalue weighted by Crippen LogP contribution is -2.45. The largest absolute Gasteiger partial charge is 0.379 e. The van der Waals surface area contributed by atoms with Gasteiger partial charge in [0.05, 0.1) is 19.3 Å². The average Bonchev–Trinajstić information content (AvgIpc) is 2.30. The second kappa shape index (κ2) is 5.07. The van der Waals surface area contributed by atoms with Crippen LogP contribution in [0.15, 0.2) is 0 Å². The summed E-state index contributed by atoms with van der Waals surface area (Å²) in [5.41, 5.74) is 0. The highest BCUT2D eigenvalue weighted by molar-refractivity contribution is 4.80. The molecule has 1 aliphatic carbocycles. The first-order chi connectivity index (χ1) is 6.90. The fourth-order valence-corrected chi connectivity index (χ4v) is 2.49. The van der Waals surface area contributed by atoms with Crippen LogP contribution in [-0.4, -0.2) is 43.3 Å². The zero-order valence-electron chi connectivity index (χ0n) is 8.65. The summed E-state index contributed by atoms with van der Waals surface area (Å²) >= 11 is 0. The van der Waals surface area contributed by atoms with Crippen molar-refractivity contribution < 1.29 is 9.57 Å². The number of morpholine rings is 1. The van der Waals surface area contributed by atoms with E-state index in [9.17, 15) is 0 Å². The third kappa shape index (κ3) is 2.45. The molecule has 0 unspecified atom stereocenters. The molecule has 14 heavy (non-hydrogen) atoms. The first-order valence-corrected chi connectivity index (χ1v) is 5.57. The summed E-state index contributed by atoms with van der Waals surface area (Å²) in [6.45, 7) is 3.98. The molecule has 2 rings (SSSR count). The number of hydrogen-bond donors (Lipinski definition) is 1. The van der Waals surface area contributed by atoms with Crippen LogP contribution in [0.5, 0.6) is 0 Å². The Bertz CT molecular complexity index is 164. The van der Waals surface area contributed by atoms with Crippen molar-refractivity contribution in [3.05, 3.63) is 0 Å². The van der Waals surface area contributed by atoms with E-state index in [1.165, 1.54) is 12.8 Å². The van der Waals surface area contributed by atoms with Gasteiger partial charge in [-0.15, -0.1) is 0 Å². The van der Waals surface area contributed by atoms with E-state index >= 15 is 0 Å². The molecule has 0 aromatic carbocycles. The van der Waals surface area contributed by atoms with Gasteiger partial charge in [-0.3, -0.25) is 4.90 Å². The van der Waals surface area contributed by atoms with Gasteiger partial charge in [0.2, 0.25) is 0 Å². The summed E-state index contributed by atoms with van der Waals surface area (Å²) in [6.07, 6.45) is 4.97. The number of rotatable bonds is 2. The van der Waals surface area contributed by atoms with E-state index in [1.54, 1.807) is 0 Å². The Balaban J connectivity index is 1.76. The minimum Gasteiger partial charge on any atom is -0.379 e. The van der Waals surface area contributed by atoms with Crippen molar-refractivity contribution in [2.24, 2.45) is 5.90 Å². The Labute approximate surface area is 85.3 Å². The van der Waals surface area contributed by atoms with Crippen molar-refractivity contribution in [2.45, 2.75) is 37.8 Å². The molecular weight excluding hydrogens is 180 g/mol. The molecule has 0 radical (unpaired) electrons. The first-order valence-electron chi connectivity index (χ1n) is 5.57. The van der Waals surface area contributed by atoms with Crippen molar-refractivity contribution in [3.63, 3.8) is 0 Å². The van der Waals surface area contributed by atoms with Crippen LogP contribution in [0.3, 0.4) is 0 Å². The maximum absolute atomic E-state index is 5.35. The average molecular weight is 200 g/mol. The molecule has 82 valence electrons. The Morgan fingerprint density at radius 2 is 1.71 bits per heavy atom. The topological polar surface area (TPSA) is 47.7 Å². The first kappa shape index (κ1) is 10.4.